The lowest BCUT2D eigenvalue weighted by Crippen LogP contribution is -2.30. The van der Waals surface area contributed by atoms with Gasteiger partial charge in [0.15, 0.2) is 0 Å². The summed E-state index contributed by atoms with van der Waals surface area (Å²) in [4.78, 5) is 12.3. The van der Waals surface area contributed by atoms with Crippen molar-refractivity contribution < 1.29 is 4.84 Å². The van der Waals surface area contributed by atoms with Gasteiger partial charge in [-0.3, -0.25) is 4.90 Å². The van der Waals surface area contributed by atoms with Crippen LogP contribution in [0.5, 0.6) is 0 Å². The van der Waals surface area contributed by atoms with E-state index in [0.717, 1.165) is 44.0 Å². The quantitative estimate of drug-likeness (QED) is 0.789. The summed E-state index contributed by atoms with van der Waals surface area (Å²) in [5.74, 6) is 1.07. The van der Waals surface area contributed by atoms with Crippen LogP contribution in [0.1, 0.15) is 31.2 Å². The first-order valence-corrected chi connectivity index (χ1v) is 8.18. The molecule has 0 bridgehead atoms. The minimum Gasteiger partial charge on any atom is -0.391 e. The molecule has 5 nitrogen and oxygen atoms in total. The second kappa shape index (κ2) is 7.42. The molecule has 5 heteroatoms. The van der Waals surface area contributed by atoms with E-state index in [1.54, 1.807) is 0 Å². The summed E-state index contributed by atoms with van der Waals surface area (Å²) in [6.45, 7) is 4.65. The summed E-state index contributed by atoms with van der Waals surface area (Å²) in [6.07, 6.45) is 6.00. The molecule has 1 aromatic carbocycles. The number of hydrogen-bond donors (Lipinski definition) is 0. The predicted octanol–water partition coefficient (Wildman–Crippen LogP) is 2.92. The van der Waals surface area contributed by atoms with E-state index in [-0.39, 0.29) is 6.10 Å². The molecule has 0 saturated heterocycles. The summed E-state index contributed by atoms with van der Waals surface area (Å²) < 4.78 is 2.20. The fourth-order valence-electron chi connectivity index (χ4n) is 2.86. The Morgan fingerprint density at radius 2 is 2.13 bits per heavy atom. The van der Waals surface area contributed by atoms with Crippen LogP contribution < -0.4 is 0 Å². The topological polar surface area (TPSA) is 42.6 Å². The van der Waals surface area contributed by atoms with Gasteiger partial charge in [-0.05, 0) is 19.0 Å². The van der Waals surface area contributed by atoms with Gasteiger partial charge in [-0.2, -0.15) is 0 Å². The zero-order valence-electron chi connectivity index (χ0n) is 13.9. The average molecular weight is 312 g/mol. The van der Waals surface area contributed by atoms with Crippen LogP contribution in [0.25, 0.3) is 0 Å². The fourth-order valence-corrected chi connectivity index (χ4v) is 2.86. The zero-order valence-corrected chi connectivity index (χ0v) is 13.9. The van der Waals surface area contributed by atoms with Gasteiger partial charge in [-0.25, -0.2) is 4.98 Å². The Morgan fingerprint density at radius 1 is 1.30 bits per heavy atom. The molecule has 23 heavy (non-hydrogen) atoms. The van der Waals surface area contributed by atoms with Crippen molar-refractivity contribution in [1.82, 2.24) is 14.5 Å². The normalized spacial score (nSPS) is 17.3. The van der Waals surface area contributed by atoms with Gasteiger partial charge >= 0.3 is 0 Å². The SMILES string of the molecule is CCC1=NOC(CN(C)Cc2nccn2Cc2ccccc2)C1. The predicted molar refractivity (Wildman–Crippen MR) is 91.3 cm³/mol. The summed E-state index contributed by atoms with van der Waals surface area (Å²) in [5, 5.41) is 4.13. The van der Waals surface area contributed by atoms with Crippen molar-refractivity contribution >= 4 is 5.71 Å². The Morgan fingerprint density at radius 3 is 2.87 bits per heavy atom. The van der Waals surface area contributed by atoms with E-state index in [9.17, 15) is 0 Å². The van der Waals surface area contributed by atoms with Crippen LogP contribution >= 0.6 is 0 Å². The van der Waals surface area contributed by atoms with Gasteiger partial charge < -0.3 is 9.40 Å². The largest absolute Gasteiger partial charge is 0.391 e. The molecule has 2 heterocycles. The molecule has 0 radical (unpaired) electrons. The fraction of sp³-hybridized carbons (Fsp3) is 0.444. The lowest BCUT2D eigenvalue weighted by Gasteiger charge is -2.20. The number of rotatable bonds is 7. The highest BCUT2D eigenvalue weighted by molar-refractivity contribution is 5.85. The van der Waals surface area contributed by atoms with Crippen LogP contribution in [-0.4, -0.2) is 39.9 Å². The Balaban J connectivity index is 1.55. The second-order valence-electron chi connectivity index (χ2n) is 6.10. The summed E-state index contributed by atoms with van der Waals surface area (Å²) >= 11 is 0. The maximum Gasteiger partial charge on any atom is 0.145 e. The molecule has 0 fully saturated rings. The Kier molecular flexibility index (Phi) is 5.08. The third kappa shape index (κ3) is 4.20. The number of nitrogens with zero attached hydrogens (tertiary/aromatic N) is 4. The molecule has 0 spiro atoms. The Bertz CT molecular complexity index is 650. The maximum atomic E-state index is 5.49. The van der Waals surface area contributed by atoms with Crippen molar-refractivity contribution in [3.8, 4) is 0 Å². The van der Waals surface area contributed by atoms with E-state index in [0.29, 0.717) is 0 Å². The van der Waals surface area contributed by atoms with Gasteiger partial charge in [0, 0.05) is 31.9 Å². The zero-order chi connectivity index (χ0) is 16.1. The van der Waals surface area contributed by atoms with Gasteiger partial charge in [-0.15, -0.1) is 0 Å². The van der Waals surface area contributed by atoms with Crippen LogP contribution in [-0.2, 0) is 17.9 Å². The van der Waals surface area contributed by atoms with E-state index < -0.39 is 0 Å². The third-order valence-corrected chi connectivity index (χ3v) is 4.13. The average Bonchev–Trinajstić information content (AvgIpc) is 3.18. The number of benzene rings is 1. The summed E-state index contributed by atoms with van der Waals surface area (Å²) in [5.41, 5.74) is 2.45. The van der Waals surface area contributed by atoms with Gasteiger partial charge in [0.05, 0.1) is 12.3 Å². The Hall–Kier alpha value is -2.14. The number of likely N-dealkylation sites (N-methyl/N-ethyl adjacent to an activating group) is 1. The van der Waals surface area contributed by atoms with E-state index in [1.807, 2.05) is 18.5 Å². The Labute approximate surface area is 137 Å². The van der Waals surface area contributed by atoms with E-state index in [1.165, 1.54) is 5.56 Å². The lowest BCUT2D eigenvalue weighted by molar-refractivity contribution is 0.0569. The number of imidazole rings is 1. The van der Waals surface area contributed by atoms with E-state index in [4.69, 9.17) is 4.84 Å². The molecule has 1 aliphatic heterocycles. The highest BCUT2D eigenvalue weighted by Crippen LogP contribution is 2.14. The number of oxime groups is 1. The molecule has 0 saturated carbocycles. The molecule has 0 aliphatic carbocycles. The smallest absolute Gasteiger partial charge is 0.145 e. The van der Waals surface area contributed by atoms with Crippen molar-refractivity contribution in [1.29, 1.82) is 0 Å². The highest BCUT2D eigenvalue weighted by Gasteiger charge is 2.21. The highest BCUT2D eigenvalue weighted by atomic mass is 16.6. The second-order valence-corrected chi connectivity index (χ2v) is 6.10. The van der Waals surface area contributed by atoms with Gasteiger partial charge in [0.1, 0.15) is 11.9 Å². The van der Waals surface area contributed by atoms with Crippen molar-refractivity contribution in [2.24, 2.45) is 5.16 Å². The van der Waals surface area contributed by atoms with Gasteiger partial charge in [0.25, 0.3) is 0 Å². The molecule has 0 N–H and O–H groups in total. The third-order valence-electron chi connectivity index (χ3n) is 4.13. The van der Waals surface area contributed by atoms with E-state index in [2.05, 4.69) is 57.8 Å². The monoisotopic (exact) mass is 312 g/mol. The van der Waals surface area contributed by atoms with Crippen molar-refractivity contribution in [3.05, 3.63) is 54.1 Å². The molecule has 122 valence electrons. The van der Waals surface area contributed by atoms with Crippen LogP contribution in [0.4, 0.5) is 0 Å². The minimum atomic E-state index is 0.174. The first-order valence-electron chi connectivity index (χ1n) is 8.18. The standard InChI is InChI=1S/C18H24N4O/c1-3-16-11-17(23-20-16)13-21(2)14-18-19-9-10-22(18)12-15-7-5-4-6-8-15/h4-10,17H,3,11-14H2,1-2H3. The molecule has 2 aromatic rings. The number of aromatic nitrogens is 2. The maximum absolute atomic E-state index is 5.49. The van der Waals surface area contributed by atoms with Crippen LogP contribution in [0.2, 0.25) is 0 Å². The summed E-state index contributed by atoms with van der Waals surface area (Å²) in [6, 6.07) is 10.5. The first-order chi connectivity index (χ1) is 11.2. The summed E-state index contributed by atoms with van der Waals surface area (Å²) in [7, 11) is 2.11. The van der Waals surface area contributed by atoms with Gasteiger partial charge in [0.2, 0.25) is 0 Å². The van der Waals surface area contributed by atoms with Crippen LogP contribution in [0, 0.1) is 0 Å². The van der Waals surface area contributed by atoms with Gasteiger partial charge in [-0.1, -0.05) is 42.4 Å². The molecule has 1 atom stereocenters. The number of hydrogen-bond acceptors (Lipinski definition) is 4. The molecular weight excluding hydrogens is 288 g/mol. The van der Waals surface area contributed by atoms with Crippen LogP contribution in [0.3, 0.4) is 0 Å². The lowest BCUT2D eigenvalue weighted by atomic mass is 10.1. The molecule has 1 unspecified atom stereocenters. The van der Waals surface area contributed by atoms with Crippen molar-refractivity contribution in [2.45, 2.75) is 39.0 Å². The molecule has 0 amide bonds. The molecular formula is C18H24N4O. The first kappa shape index (κ1) is 15.7. The molecule has 1 aliphatic rings. The molecule has 1 aromatic heterocycles. The van der Waals surface area contributed by atoms with E-state index >= 15 is 0 Å². The van der Waals surface area contributed by atoms with Crippen molar-refractivity contribution in [3.63, 3.8) is 0 Å². The van der Waals surface area contributed by atoms with Crippen molar-refractivity contribution in [2.75, 3.05) is 13.6 Å². The van der Waals surface area contributed by atoms with Crippen LogP contribution in [0.15, 0.2) is 47.9 Å². The minimum absolute atomic E-state index is 0.174. The molecule has 3 rings (SSSR count).